The van der Waals surface area contributed by atoms with Crippen LogP contribution in [-0.4, -0.2) is 14.1 Å². The topological polar surface area (TPSA) is 9.23 Å². The molecule has 1 nitrogen and oxygen atoms in total. The van der Waals surface area contributed by atoms with E-state index in [0.29, 0.717) is 0 Å². The van der Waals surface area contributed by atoms with Crippen LogP contribution in [0.15, 0.2) is 18.2 Å². The molecule has 0 amide bonds. The highest BCUT2D eigenvalue weighted by molar-refractivity contribution is 6.74. The van der Waals surface area contributed by atoms with Gasteiger partial charge in [-0.15, -0.1) is 0 Å². The van der Waals surface area contributed by atoms with Crippen molar-refractivity contribution in [1.29, 1.82) is 0 Å². The molecule has 0 bridgehead atoms. The number of halogens is 4. The van der Waals surface area contributed by atoms with E-state index in [9.17, 15) is 17.3 Å². The summed E-state index contributed by atoms with van der Waals surface area (Å²) in [6, 6.07) is 3.00. The molecule has 0 fully saturated rings. The SMILES string of the molecule is COc1cccc(F)c1[B-](F)(F)F. The van der Waals surface area contributed by atoms with Crippen molar-refractivity contribution in [3.05, 3.63) is 24.0 Å². The van der Waals surface area contributed by atoms with E-state index in [2.05, 4.69) is 4.74 Å². The lowest BCUT2D eigenvalue weighted by Gasteiger charge is -2.18. The Balaban J connectivity index is 3.32. The fourth-order valence-corrected chi connectivity index (χ4v) is 1.01. The minimum atomic E-state index is -5.36. The normalized spacial score (nSPS) is 11.5. The molecule has 1 aromatic carbocycles. The Labute approximate surface area is 72.4 Å². The Morgan fingerprint density at radius 3 is 2.23 bits per heavy atom. The van der Waals surface area contributed by atoms with E-state index in [0.717, 1.165) is 19.2 Å². The van der Waals surface area contributed by atoms with Crippen molar-refractivity contribution in [2.24, 2.45) is 0 Å². The van der Waals surface area contributed by atoms with Crippen molar-refractivity contribution in [3.8, 4) is 5.75 Å². The standard InChI is InChI=1S/C7H6BF4O/c1-13-6-4-2-3-5(9)7(6)8(10,11)12/h2-4H,1H3/q-1. The first-order valence-electron chi connectivity index (χ1n) is 3.49. The molecule has 0 aliphatic heterocycles. The Hall–Kier alpha value is -1.20. The maximum absolute atomic E-state index is 12.7. The van der Waals surface area contributed by atoms with Gasteiger partial charge in [-0.05, 0) is 17.6 Å². The van der Waals surface area contributed by atoms with Gasteiger partial charge in [-0.25, -0.2) is 4.39 Å². The first kappa shape index (κ1) is 9.89. The molecule has 0 spiro atoms. The lowest BCUT2D eigenvalue weighted by Crippen LogP contribution is -2.37. The van der Waals surface area contributed by atoms with Crippen LogP contribution in [0, 0.1) is 5.82 Å². The van der Waals surface area contributed by atoms with E-state index in [1.807, 2.05) is 0 Å². The molecule has 0 radical (unpaired) electrons. The third kappa shape index (κ3) is 1.94. The number of hydrogen-bond donors (Lipinski definition) is 0. The number of rotatable bonds is 2. The van der Waals surface area contributed by atoms with Crippen LogP contribution in [0.2, 0.25) is 0 Å². The molecule has 0 N–H and O–H groups in total. The van der Waals surface area contributed by atoms with Crippen LogP contribution < -0.4 is 10.2 Å². The number of ether oxygens (including phenoxy) is 1. The van der Waals surface area contributed by atoms with Crippen molar-refractivity contribution < 1.29 is 22.1 Å². The summed E-state index contributed by atoms with van der Waals surface area (Å²) >= 11 is 0. The van der Waals surface area contributed by atoms with Gasteiger partial charge in [0.2, 0.25) is 0 Å². The van der Waals surface area contributed by atoms with E-state index in [4.69, 9.17) is 0 Å². The third-order valence-corrected chi connectivity index (χ3v) is 1.56. The van der Waals surface area contributed by atoms with Gasteiger partial charge in [-0.1, -0.05) is 6.07 Å². The third-order valence-electron chi connectivity index (χ3n) is 1.56. The van der Waals surface area contributed by atoms with E-state index < -0.39 is 24.0 Å². The summed E-state index contributed by atoms with van der Waals surface area (Å²) in [7, 11) is 1.07. The van der Waals surface area contributed by atoms with Crippen LogP contribution in [0.1, 0.15) is 0 Å². The molecule has 0 aliphatic rings. The van der Waals surface area contributed by atoms with Crippen molar-refractivity contribution in [3.63, 3.8) is 0 Å². The average molecular weight is 193 g/mol. The van der Waals surface area contributed by atoms with Gasteiger partial charge < -0.3 is 17.7 Å². The monoisotopic (exact) mass is 193 g/mol. The largest absolute Gasteiger partial charge is 0.516 e. The van der Waals surface area contributed by atoms with Gasteiger partial charge in [0, 0.05) is 0 Å². The summed E-state index contributed by atoms with van der Waals surface area (Å²) in [6.07, 6.45) is 0. The fraction of sp³-hybridized carbons (Fsp3) is 0.143. The average Bonchev–Trinajstić information content (AvgIpc) is 2.01. The molecule has 0 saturated heterocycles. The molecule has 1 rings (SSSR count). The van der Waals surface area contributed by atoms with Crippen LogP contribution in [-0.2, 0) is 0 Å². The van der Waals surface area contributed by atoms with Crippen molar-refractivity contribution in [2.45, 2.75) is 0 Å². The quantitative estimate of drug-likeness (QED) is 0.514. The van der Waals surface area contributed by atoms with E-state index in [1.54, 1.807) is 0 Å². The fourth-order valence-electron chi connectivity index (χ4n) is 1.01. The Bertz CT molecular complexity index is 310. The highest BCUT2D eigenvalue weighted by atomic mass is 19.4. The molecule has 1 aromatic rings. The van der Waals surface area contributed by atoms with Crippen LogP contribution in [0.25, 0.3) is 0 Å². The molecule has 13 heavy (non-hydrogen) atoms. The van der Waals surface area contributed by atoms with E-state index >= 15 is 0 Å². The first-order chi connectivity index (χ1) is 5.96. The maximum Gasteiger partial charge on any atom is 0.516 e. The van der Waals surface area contributed by atoms with Crippen LogP contribution in [0.5, 0.6) is 5.75 Å². The zero-order valence-corrected chi connectivity index (χ0v) is 6.73. The number of methoxy groups -OCH3 is 1. The van der Waals surface area contributed by atoms with Gasteiger partial charge in [0.05, 0.1) is 18.7 Å². The summed E-state index contributed by atoms with van der Waals surface area (Å²) in [5.74, 6) is -1.78. The highest BCUT2D eigenvalue weighted by Gasteiger charge is 2.32. The molecule has 0 aliphatic carbocycles. The predicted molar refractivity (Wildman–Crippen MR) is 41.7 cm³/mol. The van der Waals surface area contributed by atoms with E-state index in [1.165, 1.54) is 6.07 Å². The van der Waals surface area contributed by atoms with Gasteiger partial charge in [0.25, 0.3) is 0 Å². The van der Waals surface area contributed by atoms with Crippen LogP contribution in [0.3, 0.4) is 0 Å². The Kier molecular flexibility index (Phi) is 2.49. The van der Waals surface area contributed by atoms with Gasteiger partial charge >= 0.3 is 6.98 Å². The van der Waals surface area contributed by atoms with Gasteiger partial charge in [0.15, 0.2) is 0 Å². The predicted octanol–water partition coefficient (Wildman–Crippen LogP) is 1.89. The van der Waals surface area contributed by atoms with Gasteiger partial charge in [0.1, 0.15) is 0 Å². The van der Waals surface area contributed by atoms with Crippen molar-refractivity contribution in [1.82, 2.24) is 0 Å². The molecule has 0 aromatic heterocycles. The molecule has 6 heteroatoms. The molecular formula is C7H6BF4O-. The molecule has 0 unspecified atom stereocenters. The Morgan fingerprint density at radius 2 is 1.85 bits per heavy atom. The number of benzene rings is 1. The zero-order valence-electron chi connectivity index (χ0n) is 6.73. The molecule has 0 saturated carbocycles. The molecule has 0 atom stereocenters. The maximum atomic E-state index is 12.7. The van der Waals surface area contributed by atoms with Crippen LogP contribution >= 0.6 is 0 Å². The smallest absolute Gasteiger partial charge is 0.500 e. The minimum Gasteiger partial charge on any atom is -0.500 e. The van der Waals surface area contributed by atoms with Crippen LogP contribution in [0.4, 0.5) is 17.3 Å². The summed E-state index contributed by atoms with van der Waals surface area (Å²) in [5, 5.41) is 0. The molecule has 72 valence electrons. The second-order valence-electron chi connectivity index (χ2n) is 2.43. The second-order valence-corrected chi connectivity index (χ2v) is 2.43. The molecule has 0 heterocycles. The van der Waals surface area contributed by atoms with Gasteiger partial charge in [-0.3, -0.25) is 0 Å². The Morgan fingerprint density at radius 1 is 1.23 bits per heavy atom. The minimum absolute atomic E-state index is 0.479. The summed E-state index contributed by atoms with van der Waals surface area (Å²) in [6.45, 7) is -5.36. The van der Waals surface area contributed by atoms with Gasteiger partial charge in [-0.2, -0.15) is 0 Å². The summed E-state index contributed by atoms with van der Waals surface area (Å²) in [5.41, 5.74) is -1.30. The molecular weight excluding hydrogens is 187 g/mol. The van der Waals surface area contributed by atoms with Crippen molar-refractivity contribution in [2.75, 3.05) is 7.11 Å². The first-order valence-corrected chi connectivity index (χ1v) is 3.49. The lowest BCUT2D eigenvalue weighted by molar-refractivity contribution is 0.408. The second kappa shape index (κ2) is 3.28. The lowest BCUT2D eigenvalue weighted by atomic mass is 9.79. The van der Waals surface area contributed by atoms with Crippen molar-refractivity contribution >= 4 is 12.4 Å². The summed E-state index contributed by atoms with van der Waals surface area (Å²) < 4.78 is 53.9. The zero-order chi connectivity index (χ0) is 10.1. The van der Waals surface area contributed by atoms with E-state index in [-0.39, 0.29) is 0 Å². The number of hydrogen-bond acceptors (Lipinski definition) is 1. The highest BCUT2D eigenvalue weighted by Crippen LogP contribution is 2.19. The summed E-state index contributed by atoms with van der Waals surface area (Å²) in [4.78, 5) is 0.